The van der Waals surface area contributed by atoms with Crippen molar-refractivity contribution in [3.05, 3.63) is 53.5 Å². The van der Waals surface area contributed by atoms with Gasteiger partial charge in [0.2, 0.25) is 0 Å². The molecule has 3 aromatic rings. The second kappa shape index (κ2) is 5.79. The van der Waals surface area contributed by atoms with E-state index in [1.165, 1.54) is 0 Å². The van der Waals surface area contributed by atoms with E-state index in [2.05, 4.69) is 5.10 Å². The first-order chi connectivity index (χ1) is 11.7. The quantitative estimate of drug-likeness (QED) is 0.743. The maximum absolute atomic E-state index is 13.0. The van der Waals surface area contributed by atoms with E-state index in [4.69, 9.17) is 9.15 Å². The number of carbonyl (C=O) groups excluding carboxylic acids is 1. The van der Waals surface area contributed by atoms with E-state index < -0.39 is 0 Å². The van der Waals surface area contributed by atoms with Gasteiger partial charge in [-0.3, -0.25) is 9.48 Å². The lowest BCUT2D eigenvalue weighted by Crippen LogP contribution is -2.42. The van der Waals surface area contributed by atoms with Gasteiger partial charge in [-0.15, -0.1) is 0 Å². The highest BCUT2D eigenvalue weighted by atomic mass is 16.5. The van der Waals surface area contributed by atoms with Crippen LogP contribution in [0.4, 0.5) is 0 Å². The first kappa shape index (κ1) is 15.0. The number of hydrogen-bond acceptors (Lipinski definition) is 4. The SMILES string of the molecule is COCC1CN(C(=O)c2oc3ccccc3c2C)Cc2ccnn21. The Hall–Kier alpha value is -2.60. The molecule has 1 aliphatic heterocycles. The molecule has 0 saturated heterocycles. The Bertz CT molecular complexity index is 896. The fourth-order valence-corrected chi connectivity index (χ4v) is 3.38. The predicted octanol–water partition coefficient (Wildman–Crippen LogP) is 2.78. The molecule has 3 heterocycles. The number of nitrogens with zero attached hydrogens (tertiary/aromatic N) is 3. The van der Waals surface area contributed by atoms with E-state index >= 15 is 0 Å². The summed E-state index contributed by atoms with van der Waals surface area (Å²) in [5.41, 5.74) is 2.64. The highest BCUT2D eigenvalue weighted by Crippen LogP contribution is 2.28. The maximum Gasteiger partial charge on any atom is 0.290 e. The van der Waals surface area contributed by atoms with Crippen molar-refractivity contribution in [2.24, 2.45) is 0 Å². The number of methoxy groups -OCH3 is 1. The summed E-state index contributed by atoms with van der Waals surface area (Å²) in [6.07, 6.45) is 1.76. The largest absolute Gasteiger partial charge is 0.451 e. The summed E-state index contributed by atoms with van der Waals surface area (Å²) in [5.74, 6) is 0.331. The molecule has 0 radical (unpaired) electrons. The third-order valence-corrected chi connectivity index (χ3v) is 4.57. The van der Waals surface area contributed by atoms with Crippen LogP contribution in [-0.4, -0.2) is 40.8 Å². The van der Waals surface area contributed by atoms with E-state index in [9.17, 15) is 4.79 Å². The van der Waals surface area contributed by atoms with Crippen LogP contribution >= 0.6 is 0 Å². The number of aryl methyl sites for hydroxylation is 1. The van der Waals surface area contributed by atoms with Crippen molar-refractivity contribution < 1.29 is 13.9 Å². The van der Waals surface area contributed by atoms with Gasteiger partial charge in [-0.05, 0) is 19.1 Å². The smallest absolute Gasteiger partial charge is 0.290 e. The molecule has 1 aliphatic rings. The zero-order valence-corrected chi connectivity index (χ0v) is 13.7. The summed E-state index contributed by atoms with van der Waals surface area (Å²) >= 11 is 0. The van der Waals surface area contributed by atoms with Gasteiger partial charge in [0.1, 0.15) is 5.58 Å². The standard InChI is InChI=1S/C18H19N3O3/c1-12-15-5-3-4-6-16(15)24-17(12)18(22)20-9-13-7-8-19-21(13)14(10-20)11-23-2/h3-8,14H,9-11H2,1-2H3. The molecule has 0 bridgehead atoms. The summed E-state index contributed by atoms with van der Waals surface area (Å²) in [6.45, 7) is 3.52. The summed E-state index contributed by atoms with van der Waals surface area (Å²) in [5, 5.41) is 5.33. The first-order valence-corrected chi connectivity index (χ1v) is 7.97. The number of amides is 1. The fraction of sp³-hybridized carbons (Fsp3) is 0.333. The van der Waals surface area contributed by atoms with Crippen molar-refractivity contribution in [3.63, 3.8) is 0 Å². The minimum absolute atomic E-state index is 0.0161. The Morgan fingerprint density at radius 1 is 1.38 bits per heavy atom. The van der Waals surface area contributed by atoms with Gasteiger partial charge in [0.15, 0.2) is 5.76 Å². The highest BCUT2D eigenvalue weighted by Gasteiger charge is 2.31. The Morgan fingerprint density at radius 3 is 3.00 bits per heavy atom. The van der Waals surface area contributed by atoms with Gasteiger partial charge >= 0.3 is 0 Å². The van der Waals surface area contributed by atoms with Crippen LogP contribution in [0.5, 0.6) is 0 Å². The summed E-state index contributed by atoms with van der Waals surface area (Å²) in [4.78, 5) is 14.8. The van der Waals surface area contributed by atoms with E-state index in [0.29, 0.717) is 25.5 Å². The molecule has 1 aromatic carbocycles. The average Bonchev–Trinajstić information content (AvgIpc) is 3.20. The molecule has 1 unspecified atom stereocenters. The Labute approximate surface area is 139 Å². The molecule has 0 spiro atoms. The number of rotatable bonds is 3. The third-order valence-electron chi connectivity index (χ3n) is 4.57. The summed E-state index contributed by atoms with van der Waals surface area (Å²) in [6, 6.07) is 9.68. The van der Waals surface area contributed by atoms with Crippen LogP contribution in [-0.2, 0) is 11.3 Å². The Morgan fingerprint density at radius 2 is 2.21 bits per heavy atom. The maximum atomic E-state index is 13.0. The lowest BCUT2D eigenvalue weighted by Gasteiger charge is -2.33. The molecule has 1 atom stereocenters. The molecule has 124 valence electrons. The van der Waals surface area contributed by atoms with Crippen LogP contribution in [0, 0.1) is 6.92 Å². The lowest BCUT2D eigenvalue weighted by molar-refractivity contribution is 0.0551. The normalized spacial score (nSPS) is 17.2. The van der Waals surface area contributed by atoms with Crippen LogP contribution in [0.15, 0.2) is 40.9 Å². The number of ether oxygens (including phenoxy) is 1. The minimum Gasteiger partial charge on any atom is -0.451 e. The molecule has 0 saturated carbocycles. The molecular weight excluding hydrogens is 306 g/mol. The van der Waals surface area contributed by atoms with Gasteiger partial charge in [-0.1, -0.05) is 18.2 Å². The van der Waals surface area contributed by atoms with Gasteiger partial charge in [0.25, 0.3) is 5.91 Å². The van der Waals surface area contributed by atoms with Crippen LogP contribution < -0.4 is 0 Å². The van der Waals surface area contributed by atoms with Crippen molar-refractivity contribution in [2.75, 3.05) is 20.3 Å². The Balaban J connectivity index is 1.68. The molecule has 6 nitrogen and oxygen atoms in total. The lowest BCUT2D eigenvalue weighted by atomic mass is 10.1. The van der Waals surface area contributed by atoms with Crippen molar-refractivity contribution in [1.29, 1.82) is 0 Å². The molecule has 24 heavy (non-hydrogen) atoms. The molecule has 0 aliphatic carbocycles. The van der Waals surface area contributed by atoms with Crippen molar-refractivity contribution in [3.8, 4) is 0 Å². The number of aromatic nitrogens is 2. The zero-order chi connectivity index (χ0) is 16.7. The van der Waals surface area contributed by atoms with E-state index in [-0.39, 0.29) is 11.9 Å². The molecule has 4 rings (SSSR count). The van der Waals surface area contributed by atoms with Gasteiger partial charge in [0, 0.05) is 30.8 Å². The van der Waals surface area contributed by atoms with Gasteiger partial charge in [-0.25, -0.2) is 0 Å². The van der Waals surface area contributed by atoms with Crippen molar-refractivity contribution in [2.45, 2.75) is 19.5 Å². The molecule has 1 amide bonds. The van der Waals surface area contributed by atoms with Crippen molar-refractivity contribution in [1.82, 2.24) is 14.7 Å². The first-order valence-electron chi connectivity index (χ1n) is 7.97. The zero-order valence-electron chi connectivity index (χ0n) is 13.7. The molecule has 0 fully saturated rings. The van der Waals surface area contributed by atoms with Gasteiger partial charge in [0.05, 0.1) is 24.9 Å². The van der Waals surface area contributed by atoms with Crippen molar-refractivity contribution >= 4 is 16.9 Å². The second-order valence-corrected chi connectivity index (χ2v) is 6.11. The summed E-state index contributed by atoms with van der Waals surface area (Å²) in [7, 11) is 1.66. The molecular formula is C18H19N3O3. The highest BCUT2D eigenvalue weighted by molar-refractivity contribution is 5.98. The number of benzene rings is 1. The predicted molar refractivity (Wildman–Crippen MR) is 88.8 cm³/mol. The number of hydrogen-bond donors (Lipinski definition) is 0. The van der Waals surface area contributed by atoms with Gasteiger partial charge in [-0.2, -0.15) is 5.10 Å². The monoisotopic (exact) mass is 325 g/mol. The second-order valence-electron chi connectivity index (χ2n) is 6.11. The van der Waals surface area contributed by atoms with E-state index in [1.807, 2.05) is 46.8 Å². The van der Waals surface area contributed by atoms with E-state index in [1.54, 1.807) is 13.3 Å². The molecule has 6 heteroatoms. The fourth-order valence-electron chi connectivity index (χ4n) is 3.38. The topological polar surface area (TPSA) is 60.5 Å². The molecule has 0 N–H and O–H groups in total. The summed E-state index contributed by atoms with van der Waals surface area (Å²) < 4.78 is 13.1. The number of fused-ring (bicyclic) bond motifs is 2. The van der Waals surface area contributed by atoms with Crippen LogP contribution in [0.1, 0.15) is 27.9 Å². The van der Waals surface area contributed by atoms with Gasteiger partial charge < -0.3 is 14.1 Å². The number of para-hydroxylation sites is 1. The van der Waals surface area contributed by atoms with Crippen LogP contribution in [0.2, 0.25) is 0 Å². The Kier molecular flexibility index (Phi) is 3.61. The van der Waals surface area contributed by atoms with E-state index in [0.717, 1.165) is 22.2 Å². The molecule has 2 aromatic heterocycles. The number of furan rings is 1. The van der Waals surface area contributed by atoms with Crippen LogP contribution in [0.3, 0.4) is 0 Å². The number of carbonyl (C=O) groups is 1. The van der Waals surface area contributed by atoms with Crippen LogP contribution in [0.25, 0.3) is 11.0 Å². The third kappa shape index (κ3) is 2.30. The minimum atomic E-state index is -0.0859. The average molecular weight is 325 g/mol.